The van der Waals surface area contributed by atoms with Crippen LogP contribution in [0.3, 0.4) is 0 Å². The number of H-pyrrole nitrogens is 1. The second kappa shape index (κ2) is 5.82. The van der Waals surface area contributed by atoms with Gasteiger partial charge in [-0.2, -0.15) is 10.5 Å². The summed E-state index contributed by atoms with van der Waals surface area (Å²) in [6.45, 7) is 0. The normalized spacial score (nSPS) is 9.73. The zero-order valence-corrected chi connectivity index (χ0v) is 11.5. The van der Waals surface area contributed by atoms with Crippen LogP contribution in [0.15, 0.2) is 60.3 Å². The molecule has 1 aromatic heterocycles. The Balaban J connectivity index is 1.84. The molecule has 1 heterocycles. The van der Waals surface area contributed by atoms with Crippen LogP contribution < -0.4 is 5.32 Å². The van der Waals surface area contributed by atoms with Crippen molar-refractivity contribution in [2.24, 2.45) is 0 Å². The van der Waals surface area contributed by atoms with Gasteiger partial charge in [0, 0.05) is 17.5 Å². The highest BCUT2D eigenvalue weighted by molar-refractivity contribution is 5.79. The van der Waals surface area contributed by atoms with Gasteiger partial charge in [-0.1, -0.05) is 12.1 Å². The van der Waals surface area contributed by atoms with E-state index in [-0.39, 0.29) is 5.57 Å². The zero-order chi connectivity index (χ0) is 15.4. The van der Waals surface area contributed by atoms with E-state index in [1.165, 1.54) is 6.20 Å². The molecule has 0 atom stereocenters. The highest BCUT2D eigenvalue weighted by Gasteiger charge is 2.04. The van der Waals surface area contributed by atoms with Crippen LogP contribution in [0.4, 0.5) is 5.69 Å². The fourth-order valence-corrected chi connectivity index (χ4v) is 2.06. The van der Waals surface area contributed by atoms with Crippen molar-refractivity contribution >= 4 is 16.7 Å². The Morgan fingerprint density at radius 3 is 2.45 bits per heavy atom. The molecule has 0 bridgehead atoms. The zero-order valence-electron chi connectivity index (χ0n) is 11.5. The smallest absolute Gasteiger partial charge is 0.145 e. The third-order valence-electron chi connectivity index (χ3n) is 3.17. The average Bonchev–Trinajstić information content (AvgIpc) is 3.00. The summed E-state index contributed by atoms with van der Waals surface area (Å²) in [4.78, 5) is 7.81. The van der Waals surface area contributed by atoms with Crippen molar-refractivity contribution in [2.75, 3.05) is 5.32 Å². The second-order valence-electron chi connectivity index (χ2n) is 4.61. The summed E-state index contributed by atoms with van der Waals surface area (Å²) in [5.41, 5.74) is 3.71. The van der Waals surface area contributed by atoms with E-state index in [1.807, 2.05) is 48.5 Å². The summed E-state index contributed by atoms with van der Waals surface area (Å²) >= 11 is 0. The molecule has 2 aromatic carbocycles. The minimum absolute atomic E-state index is 0.0290. The number of allylic oxidation sites excluding steroid dienone is 1. The lowest BCUT2D eigenvalue weighted by Crippen LogP contribution is -1.90. The first-order valence-corrected chi connectivity index (χ1v) is 6.62. The van der Waals surface area contributed by atoms with E-state index < -0.39 is 0 Å². The fraction of sp³-hybridized carbons (Fsp3) is 0. The summed E-state index contributed by atoms with van der Waals surface area (Å²) in [7, 11) is 0. The molecule has 2 N–H and O–H groups in total. The molecule has 104 valence electrons. The number of imidazole rings is 1. The maximum Gasteiger partial charge on any atom is 0.145 e. The van der Waals surface area contributed by atoms with Crippen molar-refractivity contribution in [1.82, 2.24) is 9.97 Å². The van der Waals surface area contributed by atoms with Gasteiger partial charge in [0.25, 0.3) is 0 Å². The van der Waals surface area contributed by atoms with Crippen LogP contribution in [-0.4, -0.2) is 9.97 Å². The standard InChI is InChI=1S/C17H11N5/c18-9-12(10-19)11-20-14-7-5-13(6-8-14)17-21-15-3-1-2-4-16(15)22-17/h1-8,11,20H,(H,21,22). The Hall–Kier alpha value is -3.57. The Kier molecular flexibility index (Phi) is 3.55. The molecule has 0 aliphatic carbocycles. The lowest BCUT2D eigenvalue weighted by atomic mass is 10.2. The van der Waals surface area contributed by atoms with E-state index in [1.54, 1.807) is 12.1 Å². The number of rotatable bonds is 3. The number of anilines is 1. The van der Waals surface area contributed by atoms with Crippen LogP contribution in [0.5, 0.6) is 0 Å². The van der Waals surface area contributed by atoms with Gasteiger partial charge in [-0.25, -0.2) is 4.98 Å². The minimum atomic E-state index is 0.0290. The van der Waals surface area contributed by atoms with Crippen LogP contribution in [-0.2, 0) is 0 Å². The van der Waals surface area contributed by atoms with E-state index >= 15 is 0 Å². The molecule has 0 unspecified atom stereocenters. The van der Waals surface area contributed by atoms with Gasteiger partial charge in [-0.3, -0.25) is 0 Å². The number of hydrogen-bond acceptors (Lipinski definition) is 4. The number of aromatic amines is 1. The van der Waals surface area contributed by atoms with Gasteiger partial charge in [0.2, 0.25) is 0 Å². The van der Waals surface area contributed by atoms with Gasteiger partial charge >= 0.3 is 0 Å². The highest BCUT2D eigenvalue weighted by Crippen LogP contribution is 2.22. The number of hydrogen-bond donors (Lipinski definition) is 2. The van der Waals surface area contributed by atoms with Crippen LogP contribution >= 0.6 is 0 Å². The fourth-order valence-electron chi connectivity index (χ4n) is 2.06. The van der Waals surface area contributed by atoms with Crippen molar-refractivity contribution in [1.29, 1.82) is 10.5 Å². The number of aromatic nitrogens is 2. The summed E-state index contributed by atoms with van der Waals surface area (Å²) in [5.74, 6) is 0.804. The lowest BCUT2D eigenvalue weighted by Gasteiger charge is -2.02. The molecular formula is C17H11N5. The maximum absolute atomic E-state index is 8.67. The summed E-state index contributed by atoms with van der Waals surface area (Å²) in [5, 5.41) is 20.3. The number of benzene rings is 2. The predicted octanol–water partition coefficient (Wildman–Crippen LogP) is 3.57. The number of nitrogens with zero attached hydrogens (tertiary/aromatic N) is 3. The van der Waals surface area contributed by atoms with Crippen LogP contribution in [0, 0.1) is 22.7 Å². The SMILES string of the molecule is N#CC(C#N)=CNc1ccc(-c2nc3ccccc3[nH]2)cc1. The molecule has 0 fully saturated rings. The minimum Gasteiger partial charge on any atom is -0.360 e. The van der Waals surface area contributed by atoms with Crippen LogP contribution in [0.2, 0.25) is 0 Å². The topological polar surface area (TPSA) is 88.3 Å². The Labute approximate surface area is 127 Å². The Morgan fingerprint density at radius 2 is 1.77 bits per heavy atom. The number of nitrogens with one attached hydrogen (secondary N) is 2. The molecule has 5 heteroatoms. The largest absolute Gasteiger partial charge is 0.360 e. The van der Waals surface area contributed by atoms with Crippen molar-refractivity contribution < 1.29 is 0 Å². The second-order valence-corrected chi connectivity index (χ2v) is 4.61. The first-order chi connectivity index (χ1) is 10.8. The third kappa shape index (κ3) is 2.65. The van der Waals surface area contributed by atoms with Gasteiger partial charge in [0.15, 0.2) is 0 Å². The Bertz CT molecular complexity index is 871. The van der Waals surface area contributed by atoms with Gasteiger partial charge < -0.3 is 10.3 Å². The van der Waals surface area contributed by atoms with E-state index in [2.05, 4.69) is 15.3 Å². The molecule has 0 radical (unpaired) electrons. The molecule has 0 amide bonds. The van der Waals surface area contributed by atoms with Crippen molar-refractivity contribution in [3.63, 3.8) is 0 Å². The van der Waals surface area contributed by atoms with Crippen LogP contribution in [0.25, 0.3) is 22.4 Å². The number of fused-ring (bicyclic) bond motifs is 1. The number of para-hydroxylation sites is 2. The van der Waals surface area contributed by atoms with Gasteiger partial charge in [-0.15, -0.1) is 0 Å². The molecule has 3 aromatic rings. The molecule has 22 heavy (non-hydrogen) atoms. The van der Waals surface area contributed by atoms with Crippen molar-refractivity contribution in [2.45, 2.75) is 0 Å². The summed E-state index contributed by atoms with van der Waals surface area (Å²) in [6, 6.07) is 19.0. The lowest BCUT2D eigenvalue weighted by molar-refractivity contribution is 1.33. The molecule has 0 saturated heterocycles. The van der Waals surface area contributed by atoms with E-state index in [0.717, 1.165) is 28.1 Å². The molecular weight excluding hydrogens is 274 g/mol. The Morgan fingerprint density at radius 1 is 1.05 bits per heavy atom. The van der Waals surface area contributed by atoms with Crippen LogP contribution in [0.1, 0.15) is 0 Å². The molecule has 0 saturated carbocycles. The predicted molar refractivity (Wildman–Crippen MR) is 84.5 cm³/mol. The quantitative estimate of drug-likeness (QED) is 0.720. The highest BCUT2D eigenvalue weighted by atomic mass is 14.9. The number of nitriles is 2. The molecule has 5 nitrogen and oxygen atoms in total. The summed E-state index contributed by atoms with van der Waals surface area (Å²) in [6.07, 6.45) is 1.39. The molecule has 3 rings (SSSR count). The van der Waals surface area contributed by atoms with Gasteiger partial charge in [0.1, 0.15) is 23.5 Å². The average molecular weight is 285 g/mol. The van der Waals surface area contributed by atoms with Crippen molar-refractivity contribution in [3.05, 3.63) is 60.3 Å². The third-order valence-corrected chi connectivity index (χ3v) is 3.17. The monoisotopic (exact) mass is 285 g/mol. The molecule has 0 spiro atoms. The van der Waals surface area contributed by atoms with Gasteiger partial charge in [-0.05, 0) is 36.4 Å². The van der Waals surface area contributed by atoms with E-state index in [0.29, 0.717) is 0 Å². The summed E-state index contributed by atoms with van der Waals surface area (Å²) < 4.78 is 0. The first-order valence-electron chi connectivity index (χ1n) is 6.62. The van der Waals surface area contributed by atoms with Gasteiger partial charge in [0.05, 0.1) is 11.0 Å². The van der Waals surface area contributed by atoms with Crippen molar-refractivity contribution in [3.8, 4) is 23.5 Å². The first kappa shape index (κ1) is 13.4. The molecule has 0 aliphatic heterocycles. The van der Waals surface area contributed by atoms with E-state index in [4.69, 9.17) is 10.5 Å². The molecule has 0 aliphatic rings. The van der Waals surface area contributed by atoms with E-state index in [9.17, 15) is 0 Å². The maximum atomic E-state index is 8.67.